The van der Waals surface area contributed by atoms with Crippen LogP contribution in [0.4, 0.5) is 5.69 Å². The summed E-state index contributed by atoms with van der Waals surface area (Å²) in [6.45, 7) is 1.09. The topological polar surface area (TPSA) is 12.0 Å². The van der Waals surface area contributed by atoms with Crippen molar-refractivity contribution in [3.63, 3.8) is 0 Å². The van der Waals surface area contributed by atoms with E-state index in [0.29, 0.717) is 0 Å². The molecule has 2 aromatic rings. The van der Waals surface area contributed by atoms with Gasteiger partial charge in [-0.1, -0.05) is 42.5 Å². The largest absolute Gasteiger partial charge is 0.385 e. The molecule has 0 saturated carbocycles. The summed E-state index contributed by atoms with van der Waals surface area (Å²) in [4.78, 5) is 0. The van der Waals surface area contributed by atoms with Crippen molar-refractivity contribution in [3.05, 3.63) is 65.2 Å². The number of nitrogens with one attached hydrogen (secondary N) is 1. The molecule has 1 heteroatoms. The molecule has 3 rings (SSSR count). The van der Waals surface area contributed by atoms with Gasteiger partial charge in [0.25, 0.3) is 0 Å². The summed E-state index contributed by atoms with van der Waals surface area (Å²) in [6.07, 6.45) is 8.90. The molecule has 1 N–H and O–H groups in total. The third-order valence-electron chi connectivity index (χ3n) is 4.45. The second-order valence-electron chi connectivity index (χ2n) is 6.02. The van der Waals surface area contributed by atoms with Gasteiger partial charge in [-0.2, -0.15) is 0 Å². The van der Waals surface area contributed by atoms with E-state index in [-0.39, 0.29) is 0 Å². The first-order chi connectivity index (χ1) is 10.4. The Balaban J connectivity index is 1.45. The van der Waals surface area contributed by atoms with Crippen LogP contribution in [0.2, 0.25) is 0 Å². The van der Waals surface area contributed by atoms with E-state index in [4.69, 9.17) is 0 Å². The highest BCUT2D eigenvalue weighted by Gasteiger charge is 2.12. The van der Waals surface area contributed by atoms with Crippen LogP contribution in [-0.4, -0.2) is 6.54 Å². The van der Waals surface area contributed by atoms with E-state index in [1.165, 1.54) is 56.2 Å². The van der Waals surface area contributed by atoms with E-state index in [9.17, 15) is 0 Å². The fourth-order valence-corrected chi connectivity index (χ4v) is 3.27. The number of hydrogen-bond donors (Lipinski definition) is 1. The van der Waals surface area contributed by atoms with Gasteiger partial charge >= 0.3 is 0 Å². The minimum Gasteiger partial charge on any atom is -0.385 e. The molecule has 110 valence electrons. The molecule has 0 heterocycles. The zero-order valence-corrected chi connectivity index (χ0v) is 12.8. The lowest BCUT2D eigenvalue weighted by molar-refractivity contribution is 0.685. The molecule has 2 aromatic carbocycles. The zero-order chi connectivity index (χ0) is 14.3. The molecule has 0 aromatic heterocycles. The van der Waals surface area contributed by atoms with E-state index < -0.39 is 0 Å². The third-order valence-corrected chi connectivity index (χ3v) is 4.45. The van der Waals surface area contributed by atoms with Gasteiger partial charge in [-0.15, -0.1) is 0 Å². The minimum absolute atomic E-state index is 1.09. The summed E-state index contributed by atoms with van der Waals surface area (Å²) < 4.78 is 0. The number of anilines is 1. The Morgan fingerprint density at radius 3 is 2.57 bits per heavy atom. The molecule has 1 nitrogen and oxygen atoms in total. The summed E-state index contributed by atoms with van der Waals surface area (Å²) in [5, 5.41) is 3.66. The Morgan fingerprint density at radius 1 is 0.810 bits per heavy atom. The molecule has 0 radical (unpaired) electrons. The molecule has 0 amide bonds. The predicted octanol–water partition coefficient (Wildman–Crippen LogP) is 5.00. The number of fused-ring (bicyclic) bond motifs is 1. The van der Waals surface area contributed by atoms with Crippen molar-refractivity contribution < 1.29 is 0 Å². The lowest BCUT2D eigenvalue weighted by atomic mass is 9.90. The smallest absolute Gasteiger partial charge is 0.0375 e. The Bertz CT molecular complexity index is 559. The maximum absolute atomic E-state index is 3.66. The van der Waals surface area contributed by atoms with Crippen molar-refractivity contribution in [1.82, 2.24) is 0 Å². The molecule has 21 heavy (non-hydrogen) atoms. The van der Waals surface area contributed by atoms with Gasteiger partial charge in [-0.05, 0) is 67.7 Å². The Hall–Kier alpha value is -1.76. The summed E-state index contributed by atoms with van der Waals surface area (Å²) in [5.74, 6) is 0. The average molecular weight is 279 g/mol. The van der Waals surface area contributed by atoms with Crippen molar-refractivity contribution in [2.24, 2.45) is 0 Å². The second-order valence-corrected chi connectivity index (χ2v) is 6.02. The number of aryl methyl sites for hydroxylation is 2. The van der Waals surface area contributed by atoms with E-state index >= 15 is 0 Å². The summed E-state index contributed by atoms with van der Waals surface area (Å²) in [5.41, 5.74) is 5.98. The summed E-state index contributed by atoms with van der Waals surface area (Å²) in [7, 11) is 0. The van der Waals surface area contributed by atoms with Gasteiger partial charge in [0.2, 0.25) is 0 Å². The van der Waals surface area contributed by atoms with Gasteiger partial charge in [-0.3, -0.25) is 0 Å². The van der Waals surface area contributed by atoms with Gasteiger partial charge in [0.05, 0.1) is 0 Å². The fourth-order valence-electron chi connectivity index (χ4n) is 3.27. The van der Waals surface area contributed by atoms with Crippen LogP contribution < -0.4 is 5.32 Å². The second kappa shape index (κ2) is 7.31. The van der Waals surface area contributed by atoms with Crippen molar-refractivity contribution in [2.75, 3.05) is 11.9 Å². The average Bonchev–Trinajstić information content (AvgIpc) is 2.56. The maximum Gasteiger partial charge on any atom is 0.0375 e. The first-order valence-electron chi connectivity index (χ1n) is 8.32. The predicted molar refractivity (Wildman–Crippen MR) is 91.0 cm³/mol. The molecule has 1 aliphatic rings. The van der Waals surface area contributed by atoms with Crippen LogP contribution >= 0.6 is 0 Å². The maximum atomic E-state index is 3.66. The highest BCUT2D eigenvalue weighted by atomic mass is 14.9. The quantitative estimate of drug-likeness (QED) is 0.734. The number of hydrogen-bond acceptors (Lipinski definition) is 1. The first kappa shape index (κ1) is 14.2. The van der Waals surface area contributed by atoms with Gasteiger partial charge in [0.15, 0.2) is 0 Å². The van der Waals surface area contributed by atoms with Crippen LogP contribution in [0.5, 0.6) is 0 Å². The van der Waals surface area contributed by atoms with Crippen molar-refractivity contribution in [1.29, 1.82) is 0 Å². The third kappa shape index (κ3) is 3.87. The lowest BCUT2D eigenvalue weighted by Gasteiger charge is -2.20. The minimum atomic E-state index is 1.09. The molecular formula is C20H25N. The zero-order valence-electron chi connectivity index (χ0n) is 12.8. The van der Waals surface area contributed by atoms with Crippen molar-refractivity contribution in [3.8, 4) is 0 Å². The molecule has 0 aliphatic heterocycles. The molecule has 0 fully saturated rings. The summed E-state index contributed by atoms with van der Waals surface area (Å²) in [6, 6.07) is 17.5. The molecule has 0 unspecified atom stereocenters. The van der Waals surface area contributed by atoms with Crippen molar-refractivity contribution in [2.45, 2.75) is 44.9 Å². The van der Waals surface area contributed by atoms with E-state index in [0.717, 1.165) is 6.54 Å². The normalized spacial score (nSPS) is 13.7. The van der Waals surface area contributed by atoms with Gasteiger partial charge in [-0.25, -0.2) is 0 Å². The standard InChI is InChI=1S/C20H25N/c1-2-9-17(10-3-1)11-6-7-16-21-20-15-8-13-18-12-4-5-14-19(18)20/h1-3,8-10,13,15,21H,4-7,11-12,14,16H2. The van der Waals surface area contributed by atoms with Gasteiger partial charge in [0, 0.05) is 12.2 Å². The van der Waals surface area contributed by atoms with Gasteiger partial charge < -0.3 is 5.32 Å². The van der Waals surface area contributed by atoms with Crippen LogP contribution in [0.3, 0.4) is 0 Å². The molecule has 0 atom stereocenters. The number of unbranched alkanes of at least 4 members (excludes halogenated alkanes) is 1. The highest BCUT2D eigenvalue weighted by molar-refractivity contribution is 5.55. The van der Waals surface area contributed by atoms with Gasteiger partial charge in [0.1, 0.15) is 0 Å². The van der Waals surface area contributed by atoms with Crippen LogP contribution in [-0.2, 0) is 19.3 Å². The van der Waals surface area contributed by atoms with E-state index in [2.05, 4.69) is 53.8 Å². The summed E-state index contributed by atoms with van der Waals surface area (Å²) >= 11 is 0. The Kier molecular flexibility index (Phi) is 4.94. The SMILES string of the molecule is c1ccc(CCCCNc2cccc3c2CCCC3)cc1. The van der Waals surface area contributed by atoms with Crippen molar-refractivity contribution >= 4 is 5.69 Å². The molecule has 0 bridgehead atoms. The Morgan fingerprint density at radius 2 is 1.67 bits per heavy atom. The molecule has 0 saturated heterocycles. The van der Waals surface area contributed by atoms with Crippen LogP contribution in [0.25, 0.3) is 0 Å². The molecule has 1 aliphatic carbocycles. The highest BCUT2D eigenvalue weighted by Crippen LogP contribution is 2.27. The lowest BCUT2D eigenvalue weighted by Crippen LogP contribution is -2.09. The first-order valence-corrected chi connectivity index (χ1v) is 8.32. The Labute approximate surface area is 128 Å². The number of benzene rings is 2. The van der Waals surface area contributed by atoms with Crippen LogP contribution in [0.1, 0.15) is 42.4 Å². The van der Waals surface area contributed by atoms with Crippen LogP contribution in [0.15, 0.2) is 48.5 Å². The van der Waals surface area contributed by atoms with E-state index in [1.54, 1.807) is 11.1 Å². The van der Waals surface area contributed by atoms with E-state index in [1.807, 2.05) is 0 Å². The molecular weight excluding hydrogens is 254 g/mol. The fraction of sp³-hybridized carbons (Fsp3) is 0.400. The number of rotatable bonds is 6. The molecule has 0 spiro atoms. The monoisotopic (exact) mass is 279 g/mol. The van der Waals surface area contributed by atoms with Crippen LogP contribution in [0, 0.1) is 0 Å².